The van der Waals surface area contributed by atoms with Gasteiger partial charge in [-0.05, 0) is 33.1 Å². The van der Waals surface area contributed by atoms with Crippen molar-refractivity contribution in [3.63, 3.8) is 0 Å². The van der Waals surface area contributed by atoms with Gasteiger partial charge in [0.25, 0.3) is 0 Å². The third-order valence-corrected chi connectivity index (χ3v) is 4.63. The van der Waals surface area contributed by atoms with Gasteiger partial charge in [-0.3, -0.25) is 14.9 Å². The Bertz CT molecular complexity index is 835. The van der Waals surface area contributed by atoms with Crippen molar-refractivity contribution in [3.05, 3.63) is 29.8 Å². The molecule has 0 aliphatic heterocycles. The second-order valence-electron chi connectivity index (χ2n) is 7.29. The number of amides is 2. The van der Waals surface area contributed by atoms with Crippen LogP contribution in [0.25, 0.3) is 0 Å². The number of carbonyl (C=O) groups excluding carboxylic acids is 2. The van der Waals surface area contributed by atoms with Gasteiger partial charge in [0.15, 0.2) is 5.82 Å². The minimum atomic E-state index is -0.384. The fourth-order valence-electron chi connectivity index (χ4n) is 3.31. The standard InChI is InChI=1S/C19H26N6O4/c1-11(2)29-19(27)22-13-5-4-12(6-13)15-8-16(25-24-15)23-17(26)7-14-9-21-18(28-3)10-20-14/h8-13H,4-7H2,1-3H3,(H,22,27)(H2,23,24,25,26). The van der Waals surface area contributed by atoms with E-state index in [2.05, 4.69) is 30.8 Å². The first-order valence-corrected chi connectivity index (χ1v) is 9.60. The van der Waals surface area contributed by atoms with Gasteiger partial charge in [0.2, 0.25) is 11.8 Å². The molecule has 2 unspecified atom stereocenters. The molecule has 3 N–H and O–H groups in total. The number of rotatable bonds is 7. The van der Waals surface area contributed by atoms with E-state index in [0.29, 0.717) is 17.4 Å². The Balaban J connectivity index is 1.49. The Kier molecular flexibility index (Phi) is 6.63. The molecule has 2 aromatic rings. The maximum atomic E-state index is 12.2. The largest absolute Gasteiger partial charge is 0.480 e. The summed E-state index contributed by atoms with van der Waals surface area (Å²) >= 11 is 0. The number of carbonyl (C=O) groups is 2. The molecule has 2 aromatic heterocycles. The van der Waals surface area contributed by atoms with Crippen LogP contribution in [0.2, 0.25) is 0 Å². The third kappa shape index (κ3) is 5.90. The molecule has 2 atom stereocenters. The molecule has 1 aliphatic rings. The van der Waals surface area contributed by atoms with Crippen molar-refractivity contribution >= 4 is 17.8 Å². The summed E-state index contributed by atoms with van der Waals surface area (Å²) in [5.74, 6) is 0.866. The summed E-state index contributed by atoms with van der Waals surface area (Å²) in [6.45, 7) is 3.64. The highest BCUT2D eigenvalue weighted by molar-refractivity contribution is 5.91. The molecule has 0 radical (unpaired) electrons. The second kappa shape index (κ2) is 9.35. The average molecular weight is 402 g/mol. The molecule has 0 spiro atoms. The minimum Gasteiger partial charge on any atom is -0.480 e. The van der Waals surface area contributed by atoms with Gasteiger partial charge in [-0.25, -0.2) is 9.78 Å². The van der Waals surface area contributed by atoms with Crippen molar-refractivity contribution in [3.8, 4) is 5.88 Å². The van der Waals surface area contributed by atoms with E-state index >= 15 is 0 Å². The Labute approximate surface area is 168 Å². The molecule has 1 saturated carbocycles. The molecule has 0 bridgehead atoms. The Hall–Kier alpha value is -3.17. The summed E-state index contributed by atoms with van der Waals surface area (Å²) in [7, 11) is 1.51. The van der Waals surface area contributed by atoms with Gasteiger partial charge in [-0.1, -0.05) is 0 Å². The van der Waals surface area contributed by atoms with Gasteiger partial charge >= 0.3 is 6.09 Å². The highest BCUT2D eigenvalue weighted by Gasteiger charge is 2.29. The van der Waals surface area contributed by atoms with E-state index in [1.165, 1.54) is 19.5 Å². The highest BCUT2D eigenvalue weighted by Crippen LogP contribution is 2.34. The fraction of sp³-hybridized carbons (Fsp3) is 0.526. The van der Waals surface area contributed by atoms with E-state index in [4.69, 9.17) is 9.47 Å². The third-order valence-electron chi connectivity index (χ3n) is 4.63. The van der Waals surface area contributed by atoms with Crippen molar-refractivity contribution in [2.75, 3.05) is 12.4 Å². The summed E-state index contributed by atoms with van der Waals surface area (Å²) in [5.41, 5.74) is 1.48. The van der Waals surface area contributed by atoms with Gasteiger partial charge in [0, 0.05) is 23.7 Å². The first kappa shape index (κ1) is 20.6. The number of aromatic nitrogens is 4. The molecule has 0 saturated heterocycles. The van der Waals surface area contributed by atoms with Crippen LogP contribution in [0.3, 0.4) is 0 Å². The van der Waals surface area contributed by atoms with Crippen LogP contribution in [0.1, 0.15) is 50.4 Å². The maximum absolute atomic E-state index is 12.2. The molecule has 29 heavy (non-hydrogen) atoms. The van der Waals surface area contributed by atoms with Crippen LogP contribution < -0.4 is 15.4 Å². The van der Waals surface area contributed by atoms with E-state index in [-0.39, 0.29) is 36.5 Å². The number of H-pyrrole nitrogens is 1. The zero-order valence-electron chi connectivity index (χ0n) is 16.8. The number of nitrogens with one attached hydrogen (secondary N) is 3. The van der Waals surface area contributed by atoms with Gasteiger partial charge in [-0.2, -0.15) is 5.10 Å². The number of methoxy groups -OCH3 is 1. The molecule has 3 rings (SSSR count). The van der Waals surface area contributed by atoms with E-state index in [9.17, 15) is 9.59 Å². The Morgan fingerprint density at radius 2 is 2.10 bits per heavy atom. The molecule has 2 heterocycles. The van der Waals surface area contributed by atoms with Crippen molar-refractivity contribution in [2.24, 2.45) is 0 Å². The fourth-order valence-corrected chi connectivity index (χ4v) is 3.31. The summed E-state index contributed by atoms with van der Waals surface area (Å²) in [4.78, 5) is 32.1. The maximum Gasteiger partial charge on any atom is 0.407 e. The summed E-state index contributed by atoms with van der Waals surface area (Å²) in [6, 6.07) is 1.90. The molecule has 1 fully saturated rings. The molecule has 10 nitrogen and oxygen atoms in total. The molecule has 1 aliphatic carbocycles. The lowest BCUT2D eigenvalue weighted by Crippen LogP contribution is -2.34. The van der Waals surface area contributed by atoms with Gasteiger partial charge < -0.3 is 20.1 Å². The smallest absolute Gasteiger partial charge is 0.407 e. The molecule has 10 heteroatoms. The molecular formula is C19H26N6O4. The van der Waals surface area contributed by atoms with Gasteiger partial charge in [0.1, 0.15) is 0 Å². The van der Waals surface area contributed by atoms with E-state index in [1.54, 1.807) is 0 Å². The molecule has 2 amide bonds. The monoisotopic (exact) mass is 402 g/mol. The van der Waals surface area contributed by atoms with E-state index in [1.807, 2.05) is 19.9 Å². The predicted molar refractivity (Wildman–Crippen MR) is 105 cm³/mol. The van der Waals surface area contributed by atoms with Gasteiger partial charge in [0.05, 0.1) is 37.7 Å². The number of hydrogen-bond acceptors (Lipinski definition) is 7. The van der Waals surface area contributed by atoms with Crippen molar-refractivity contribution in [1.29, 1.82) is 0 Å². The normalized spacial score (nSPS) is 18.5. The van der Waals surface area contributed by atoms with Crippen LogP contribution in [0.4, 0.5) is 10.6 Å². The number of ether oxygens (including phenoxy) is 2. The lowest BCUT2D eigenvalue weighted by molar-refractivity contribution is -0.115. The summed E-state index contributed by atoms with van der Waals surface area (Å²) in [6.07, 6.45) is 5.12. The predicted octanol–water partition coefficient (Wildman–Crippen LogP) is 2.16. The topological polar surface area (TPSA) is 131 Å². The first-order chi connectivity index (χ1) is 13.9. The number of nitrogens with zero attached hydrogens (tertiary/aromatic N) is 3. The second-order valence-corrected chi connectivity index (χ2v) is 7.29. The van der Waals surface area contributed by atoms with E-state index < -0.39 is 0 Å². The number of hydrogen-bond donors (Lipinski definition) is 3. The van der Waals surface area contributed by atoms with Crippen LogP contribution >= 0.6 is 0 Å². The van der Waals surface area contributed by atoms with Crippen LogP contribution in [0, 0.1) is 0 Å². The van der Waals surface area contributed by atoms with Crippen molar-refractivity contribution in [1.82, 2.24) is 25.5 Å². The SMILES string of the molecule is COc1cnc(CC(=O)Nc2cc(C3CCC(NC(=O)OC(C)C)C3)[nH]n2)cn1. The molecule has 0 aromatic carbocycles. The first-order valence-electron chi connectivity index (χ1n) is 9.60. The van der Waals surface area contributed by atoms with Crippen LogP contribution in [-0.4, -0.2) is 51.4 Å². The van der Waals surface area contributed by atoms with Crippen molar-refractivity contribution < 1.29 is 19.1 Å². The number of aromatic amines is 1. The van der Waals surface area contributed by atoms with Crippen LogP contribution in [0.5, 0.6) is 5.88 Å². The van der Waals surface area contributed by atoms with E-state index in [0.717, 1.165) is 25.0 Å². The van der Waals surface area contributed by atoms with Crippen LogP contribution in [-0.2, 0) is 16.0 Å². The zero-order chi connectivity index (χ0) is 20.8. The quantitative estimate of drug-likeness (QED) is 0.647. The number of alkyl carbamates (subject to hydrolysis) is 1. The minimum absolute atomic E-state index is 0.0706. The summed E-state index contributed by atoms with van der Waals surface area (Å²) in [5, 5.41) is 12.8. The molecular weight excluding hydrogens is 376 g/mol. The van der Waals surface area contributed by atoms with Gasteiger partial charge in [-0.15, -0.1) is 0 Å². The number of anilines is 1. The van der Waals surface area contributed by atoms with Crippen LogP contribution in [0.15, 0.2) is 18.5 Å². The highest BCUT2D eigenvalue weighted by atomic mass is 16.6. The average Bonchev–Trinajstić information content (AvgIpc) is 3.31. The molecule has 156 valence electrons. The van der Waals surface area contributed by atoms with Crippen molar-refractivity contribution in [2.45, 2.75) is 57.6 Å². The lowest BCUT2D eigenvalue weighted by atomic mass is 10.0. The Morgan fingerprint density at radius 1 is 1.28 bits per heavy atom. The lowest BCUT2D eigenvalue weighted by Gasteiger charge is -2.14. The zero-order valence-corrected chi connectivity index (χ0v) is 16.8. The summed E-state index contributed by atoms with van der Waals surface area (Å²) < 4.78 is 10.1. The Morgan fingerprint density at radius 3 is 2.79 bits per heavy atom.